The number of anilines is 1. The number of aryl methyl sites for hydroxylation is 2. The van der Waals surface area contributed by atoms with E-state index in [2.05, 4.69) is 34.5 Å². The summed E-state index contributed by atoms with van der Waals surface area (Å²) in [7, 11) is 4.07. The third-order valence-electron chi connectivity index (χ3n) is 3.69. The van der Waals surface area contributed by atoms with Crippen molar-refractivity contribution in [2.45, 2.75) is 19.8 Å². The van der Waals surface area contributed by atoms with Crippen LogP contribution >= 0.6 is 0 Å². The van der Waals surface area contributed by atoms with Crippen molar-refractivity contribution >= 4 is 11.6 Å². The monoisotopic (exact) mass is 296 g/mol. The largest absolute Gasteiger partial charge is 0.378 e. The summed E-state index contributed by atoms with van der Waals surface area (Å²) in [6.45, 7) is 2.71. The molecule has 3 heteroatoms. The highest BCUT2D eigenvalue weighted by Gasteiger charge is 2.04. The number of carbonyl (C=O) groups excluding carboxylic acids is 1. The lowest BCUT2D eigenvalue weighted by Crippen LogP contribution is -2.24. The van der Waals surface area contributed by atoms with Gasteiger partial charge in [0.2, 0.25) is 0 Å². The summed E-state index contributed by atoms with van der Waals surface area (Å²) in [4.78, 5) is 14.1. The summed E-state index contributed by atoms with van der Waals surface area (Å²) in [5.41, 5.74) is 4.39. The van der Waals surface area contributed by atoms with Crippen molar-refractivity contribution in [3.05, 3.63) is 65.2 Å². The Morgan fingerprint density at radius 1 is 1.00 bits per heavy atom. The molecule has 22 heavy (non-hydrogen) atoms. The van der Waals surface area contributed by atoms with Crippen LogP contribution in [0.2, 0.25) is 0 Å². The lowest BCUT2D eigenvalue weighted by Gasteiger charge is -2.12. The molecule has 0 aliphatic rings. The SMILES string of the molecule is Cc1ccc(C(=O)NCCCc2ccc(N(C)C)cc2)cc1. The summed E-state index contributed by atoms with van der Waals surface area (Å²) >= 11 is 0. The molecule has 0 saturated heterocycles. The van der Waals surface area contributed by atoms with Gasteiger partial charge in [-0.05, 0) is 49.6 Å². The van der Waals surface area contributed by atoms with Gasteiger partial charge < -0.3 is 10.2 Å². The van der Waals surface area contributed by atoms with E-state index in [-0.39, 0.29) is 5.91 Å². The van der Waals surface area contributed by atoms with Crippen molar-refractivity contribution in [3.63, 3.8) is 0 Å². The number of rotatable bonds is 6. The molecule has 0 spiro atoms. The van der Waals surface area contributed by atoms with Crippen molar-refractivity contribution in [2.24, 2.45) is 0 Å². The second-order valence-electron chi connectivity index (χ2n) is 5.79. The van der Waals surface area contributed by atoms with E-state index >= 15 is 0 Å². The minimum atomic E-state index is 0.00274. The molecule has 1 amide bonds. The fourth-order valence-electron chi connectivity index (χ4n) is 2.26. The molecule has 2 aromatic rings. The number of carbonyl (C=O) groups is 1. The van der Waals surface area contributed by atoms with Crippen LogP contribution in [-0.4, -0.2) is 26.5 Å². The van der Waals surface area contributed by atoms with E-state index in [0.717, 1.165) is 24.0 Å². The van der Waals surface area contributed by atoms with Gasteiger partial charge in [0.15, 0.2) is 0 Å². The lowest BCUT2D eigenvalue weighted by atomic mass is 10.1. The molecule has 0 unspecified atom stereocenters. The molecular weight excluding hydrogens is 272 g/mol. The van der Waals surface area contributed by atoms with Gasteiger partial charge in [0.25, 0.3) is 5.91 Å². The molecule has 0 aliphatic carbocycles. The van der Waals surface area contributed by atoms with Crippen molar-refractivity contribution in [2.75, 3.05) is 25.5 Å². The lowest BCUT2D eigenvalue weighted by molar-refractivity contribution is 0.0953. The molecule has 2 rings (SSSR count). The summed E-state index contributed by atoms with van der Waals surface area (Å²) < 4.78 is 0. The number of amides is 1. The Bertz CT molecular complexity index is 600. The van der Waals surface area contributed by atoms with E-state index in [0.29, 0.717) is 6.54 Å². The average molecular weight is 296 g/mol. The van der Waals surface area contributed by atoms with E-state index < -0.39 is 0 Å². The standard InChI is InChI=1S/C19H24N2O/c1-15-6-10-17(11-7-15)19(22)20-14-4-5-16-8-12-18(13-9-16)21(2)3/h6-13H,4-5,14H2,1-3H3,(H,20,22). The van der Waals surface area contributed by atoms with Crippen LogP contribution in [0, 0.1) is 6.92 Å². The van der Waals surface area contributed by atoms with Crippen molar-refractivity contribution in [1.29, 1.82) is 0 Å². The molecule has 0 fully saturated rings. The molecule has 0 radical (unpaired) electrons. The van der Waals surface area contributed by atoms with Crippen LogP contribution in [0.25, 0.3) is 0 Å². The Labute approximate surface area is 133 Å². The molecule has 0 saturated carbocycles. The fourth-order valence-corrected chi connectivity index (χ4v) is 2.26. The van der Waals surface area contributed by atoms with Crippen LogP contribution in [0.15, 0.2) is 48.5 Å². The molecule has 3 nitrogen and oxygen atoms in total. The molecule has 0 aliphatic heterocycles. The predicted molar refractivity (Wildman–Crippen MR) is 92.6 cm³/mol. The minimum absolute atomic E-state index is 0.00274. The maximum absolute atomic E-state index is 12.0. The minimum Gasteiger partial charge on any atom is -0.378 e. The molecule has 0 aromatic heterocycles. The molecule has 0 atom stereocenters. The van der Waals surface area contributed by atoms with Gasteiger partial charge in [0.1, 0.15) is 0 Å². The predicted octanol–water partition coefficient (Wildman–Crippen LogP) is 3.42. The van der Waals surface area contributed by atoms with Gasteiger partial charge >= 0.3 is 0 Å². The second-order valence-corrected chi connectivity index (χ2v) is 5.79. The highest BCUT2D eigenvalue weighted by Crippen LogP contribution is 2.13. The third-order valence-corrected chi connectivity index (χ3v) is 3.69. The van der Waals surface area contributed by atoms with Gasteiger partial charge in [0.05, 0.1) is 0 Å². The smallest absolute Gasteiger partial charge is 0.251 e. The first kappa shape index (κ1) is 16.1. The Balaban J connectivity index is 1.74. The highest BCUT2D eigenvalue weighted by molar-refractivity contribution is 5.94. The van der Waals surface area contributed by atoms with Crippen LogP contribution in [0.5, 0.6) is 0 Å². The van der Waals surface area contributed by atoms with Gasteiger partial charge in [-0.1, -0.05) is 29.8 Å². The first-order valence-corrected chi connectivity index (χ1v) is 7.67. The first-order valence-electron chi connectivity index (χ1n) is 7.67. The molecule has 1 N–H and O–H groups in total. The molecule has 0 heterocycles. The Hall–Kier alpha value is -2.29. The third kappa shape index (κ3) is 4.62. The summed E-state index contributed by atoms with van der Waals surface area (Å²) in [5.74, 6) is 0.00274. The highest BCUT2D eigenvalue weighted by atomic mass is 16.1. The Morgan fingerprint density at radius 2 is 1.64 bits per heavy atom. The van der Waals surface area contributed by atoms with Gasteiger partial charge in [-0.25, -0.2) is 0 Å². The number of hydrogen-bond donors (Lipinski definition) is 1. The van der Waals surface area contributed by atoms with Crippen LogP contribution in [0.3, 0.4) is 0 Å². The van der Waals surface area contributed by atoms with Gasteiger partial charge in [-0.2, -0.15) is 0 Å². The second kappa shape index (κ2) is 7.64. The summed E-state index contributed by atoms with van der Waals surface area (Å²) in [5, 5.41) is 2.97. The molecular formula is C19H24N2O. The van der Waals surface area contributed by atoms with E-state index in [9.17, 15) is 4.79 Å². The van der Waals surface area contributed by atoms with Crippen molar-refractivity contribution in [3.8, 4) is 0 Å². The number of hydrogen-bond acceptors (Lipinski definition) is 2. The van der Waals surface area contributed by atoms with Crippen molar-refractivity contribution in [1.82, 2.24) is 5.32 Å². The fraction of sp³-hybridized carbons (Fsp3) is 0.316. The van der Waals surface area contributed by atoms with E-state index in [1.165, 1.54) is 11.3 Å². The normalized spacial score (nSPS) is 10.3. The zero-order valence-corrected chi connectivity index (χ0v) is 13.6. The quantitative estimate of drug-likeness (QED) is 0.828. The van der Waals surface area contributed by atoms with E-state index in [1.807, 2.05) is 45.3 Å². The average Bonchev–Trinajstić information content (AvgIpc) is 2.52. The molecule has 2 aromatic carbocycles. The number of nitrogens with one attached hydrogen (secondary N) is 1. The summed E-state index contributed by atoms with van der Waals surface area (Å²) in [6.07, 6.45) is 1.92. The van der Waals surface area contributed by atoms with Crippen LogP contribution < -0.4 is 10.2 Å². The topological polar surface area (TPSA) is 32.3 Å². The Kier molecular flexibility index (Phi) is 5.59. The number of nitrogens with zero attached hydrogens (tertiary/aromatic N) is 1. The molecule has 0 bridgehead atoms. The van der Waals surface area contributed by atoms with Gasteiger partial charge in [-0.3, -0.25) is 4.79 Å². The van der Waals surface area contributed by atoms with E-state index in [1.54, 1.807) is 0 Å². The van der Waals surface area contributed by atoms with Crippen molar-refractivity contribution < 1.29 is 4.79 Å². The zero-order valence-electron chi connectivity index (χ0n) is 13.6. The van der Waals surface area contributed by atoms with Crippen LogP contribution in [0.4, 0.5) is 5.69 Å². The zero-order chi connectivity index (χ0) is 15.9. The maximum atomic E-state index is 12.0. The van der Waals surface area contributed by atoms with Gasteiger partial charge in [-0.15, -0.1) is 0 Å². The van der Waals surface area contributed by atoms with E-state index in [4.69, 9.17) is 0 Å². The Morgan fingerprint density at radius 3 is 2.23 bits per heavy atom. The summed E-state index contributed by atoms with van der Waals surface area (Å²) in [6, 6.07) is 16.2. The molecule has 116 valence electrons. The van der Waals surface area contributed by atoms with Gasteiger partial charge in [0, 0.05) is 31.9 Å². The first-order chi connectivity index (χ1) is 10.6. The number of benzene rings is 2. The van der Waals surface area contributed by atoms with Crippen LogP contribution in [-0.2, 0) is 6.42 Å². The van der Waals surface area contributed by atoms with Crippen LogP contribution in [0.1, 0.15) is 27.9 Å². The maximum Gasteiger partial charge on any atom is 0.251 e.